The van der Waals surface area contributed by atoms with Gasteiger partial charge in [0.1, 0.15) is 0 Å². The summed E-state index contributed by atoms with van der Waals surface area (Å²) in [5.41, 5.74) is 7.58. The zero-order valence-electron chi connectivity index (χ0n) is 13.5. The van der Waals surface area contributed by atoms with E-state index in [0.717, 1.165) is 36.4 Å². The summed E-state index contributed by atoms with van der Waals surface area (Å²) in [5.74, 6) is 0.501. The zero-order chi connectivity index (χ0) is 17.3. The fourth-order valence-corrected chi connectivity index (χ4v) is 3.33. The molecule has 2 aromatic rings. The summed E-state index contributed by atoms with van der Waals surface area (Å²) in [6, 6.07) is 5.60. The third kappa shape index (κ3) is 3.47. The molecule has 2 unspecified atom stereocenters. The fraction of sp³-hybridized carbons (Fsp3) is 0.471. The standard InChI is InChI=1S/C17H21F3N4/c1-11-6-12(7-21)9-24(11)10-14-8-22-23-16(14)13-2-4-15(5-3-13)17(18,19)20/h2-5,8,11-12H,6-7,9-10,21H2,1H3,(H,22,23). The van der Waals surface area contributed by atoms with E-state index in [2.05, 4.69) is 22.0 Å². The van der Waals surface area contributed by atoms with Crippen molar-refractivity contribution in [2.24, 2.45) is 11.7 Å². The van der Waals surface area contributed by atoms with Crippen LogP contribution in [-0.2, 0) is 12.7 Å². The first kappa shape index (κ1) is 17.0. The van der Waals surface area contributed by atoms with Crippen LogP contribution in [0.2, 0.25) is 0 Å². The van der Waals surface area contributed by atoms with E-state index in [1.807, 2.05) is 0 Å². The second kappa shape index (κ2) is 6.57. The summed E-state index contributed by atoms with van der Waals surface area (Å²) < 4.78 is 38.1. The number of aromatic amines is 1. The average molecular weight is 338 g/mol. The van der Waals surface area contributed by atoms with Gasteiger partial charge in [-0.15, -0.1) is 0 Å². The number of nitrogens with two attached hydrogens (primary N) is 1. The first-order valence-electron chi connectivity index (χ1n) is 8.02. The quantitative estimate of drug-likeness (QED) is 0.900. The second-order valence-electron chi connectivity index (χ2n) is 6.46. The number of likely N-dealkylation sites (tertiary alicyclic amines) is 1. The number of halogens is 3. The number of hydrogen-bond donors (Lipinski definition) is 2. The Bertz CT molecular complexity index is 678. The summed E-state index contributed by atoms with van der Waals surface area (Å²) in [7, 11) is 0. The third-order valence-corrected chi connectivity index (χ3v) is 4.72. The molecule has 130 valence electrons. The summed E-state index contributed by atoms with van der Waals surface area (Å²) >= 11 is 0. The normalized spacial score (nSPS) is 22.2. The van der Waals surface area contributed by atoms with Crippen molar-refractivity contribution in [3.05, 3.63) is 41.6 Å². The molecule has 1 aromatic heterocycles. The van der Waals surface area contributed by atoms with E-state index < -0.39 is 11.7 Å². The van der Waals surface area contributed by atoms with Gasteiger partial charge in [-0.1, -0.05) is 12.1 Å². The van der Waals surface area contributed by atoms with Gasteiger partial charge in [0, 0.05) is 24.7 Å². The number of nitrogens with zero attached hydrogens (tertiary/aromatic N) is 2. The van der Waals surface area contributed by atoms with Gasteiger partial charge in [-0.2, -0.15) is 18.3 Å². The molecule has 1 fully saturated rings. The first-order valence-corrected chi connectivity index (χ1v) is 8.02. The molecule has 24 heavy (non-hydrogen) atoms. The predicted molar refractivity (Wildman–Crippen MR) is 86.1 cm³/mol. The number of rotatable bonds is 4. The van der Waals surface area contributed by atoms with E-state index in [0.29, 0.717) is 30.6 Å². The Morgan fingerprint density at radius 2 is 2.00 bits per heavy atom. The molecule has 1 aromatic carbocycles. The topological polar surface area (TPSA) is 57.9 Å². The fourth-order valence-electron chi connectivity index (χ4n) is 3.33. The lowest BCUT2D eigenvalue weighted by Gasteiger charge is -2.21. The predicted octanol–water partition coefficient (Wildman–Crippen LogP) is 3.26. The Balaban J connectivity index is 1.78. The van der Waals surface area contributed by atoms with Crippen LogP contribution < -0.4 is 5.73 Å². The highest BCUT2D eigenvalue weighted by atomic mass is 19.4. The van der Waals surface area contributed by atoms with Crippen molar-refractivity contribution in [2.75, 3.05) is 13.1 Å². The van der Waals surface area contributed by atoms with Crippen molar-refractivity contribution >= 4 is 0 Å². The Morgan fingerprint density at radius 1 is 1.29 bits per heavy atom. The molecule has 0 bridgehead atoms. The van der Waals surface area contributed by atoms with Crippen LogP contribution in [-0.4, -0.2) is 34.2 Å². The molecule has 1 aliphatic heterocycles. The number of alkyl halides is 3. The molecule has 7 heteroatoms. The monoisotopic (exact) mass is 338 g/mol. The Morgan fingerprint density at radius 3 is 2.58 bits per heavy atom. The maximum Gasteiger partial charge on any atom is 0.416 e. The summed E-state index contributed by atoms with van der Waals surface area (Å²) in [4.78, 5) is 2.34. The van der Waals surface area contributed by atoms with Crippen molar-refractivity contribution in [3.8, 4) is 11.3 Å². The SMILES string of the molecule is CC1CC(CN)CN1Cc1cn[nH]c1-c1ccc(C(F)(F)F)cc1. The van der Waals surface area contributed by atoms with Crippen LogP contribution in [0.15, 0.2) is 30.5 Å². The number of H-pyrrole nitrogens is 1. The van der Waals surface area contributed by atoms with Crippen molar-refractivity contribution in [3.63, 3.8) is 0 Å². The van der Waals surface area contributed by atoms with Crippen LogP contribution in [0.1, 0.15) is 24.5 Å². The molecule has 0 saturated carbocycles. The van der Waals surface area contributed by atoms with Crippen LogP contribution in [0.4, 0.5) is 13.2 Å². The van der Waals surface area contributed by atoms with Gasteiger partial charge in [0.25, 0.3) is 0 Å². The summed E-state index contributed by atoms with van der Waals surface area (Å²) in [6.07, 6.45) is -1.50. The van der Waals surface area contributed by atoms with Crippen LogP contribution in [0.5, 0.6) is 0 Å². The minimum absolute atomic E-state index is 0.439. The Hall–Kier alpha value is -1.86. The van der Waals surface area contributed by atoms with Gasteiger partial charge >= 0.3 is 6.18 Å². The summed E-state index contributed by atoms with van der Waals surface area (Å²) in [6.45, 7) is 4.51. The van der Waals surface area contributed by atoms with E-state index in [-0.39, 0.29) is 0 Å². The van der Waals surface area contributed by atoms with Crippen molar-refractivity contribution in [2.45, 2.75) is 32.1 Å². The first-order chi connectivity index (χ1) is 11.4. The minimum atomic E-state index is -4.32. The maximum absolute atomic E-state index is 12.7. The lowest BCUT2D eigenvalue weighted by atomic mass is 10.1. The van der Waals surface area contributed by atoms with Gasteiger partial charge in [-0.3, -0.25) is 10.00 Å². The van der Waals surface area contributed by atoms with E-state index >= 15 is 0 Å². The van der Waals surface area contributed by atoms with Gasteiger partial charge < -0.3 is 5.73 Å². The van der Waals surface area contributed by atoms with Crippen LogP contribution in [0.25, 0.3) is 11.3 Å². The van der Waals surface area contributed by atoms with Crippen LogP contribution >= 0.6 is 0 Å². The van der Waals surface area contributed by atoms with Crippen molar-refractivity contribution in [1.29, 1.82) is 0 Å². The molecule has 2 atom stereocenters. The van der Waals surface area contributed by atoms with E-state index in [9.17, 15) is 13.2 Å². The zero-order valence-corrected chi connectivity index (χ0v) is 13.5. The molecule has 3 N–H and O–H groups in total. The number of hydrogen-bond acceptors (Lipinski definition) is 3. The van der Waals surface area contributed by atoms with Gasteiger partial charge in [0.05, 0.1) is 17.5 Å². The van der Waals surface area contributed by atoms with Crippen molar-refractivity contribution in [1.82, 2.24) is 15.1 Å². The van der Waals surface area contributed by atoms with E-state index in [1.165, 1.54) is 12.1 Å². The number of benzene rings is 1. The molecule has 1 aliphatic rings. The van der Waals surface area contributed by atoms with Gasteiger partial charge in [-0.25, -0.2) is 0 Å². The highest BCUT2D eigenvalue weighted by Crippen LogP contribution is 2.32. The number of aromatic nitrogens is 2. The molecule has 2 heterocycles. The third-order valence-electron chi connectivity index (χ3n) is 4.72. The Kier molecular flexibility index (Phi) is 4.64. The lowest BCUT2D eigenvalue weighted by Crippen LogP contribution is -2.27. The van der Waals surface area contributed by atoms with Crippen molar-refractivity contribution < 1.29 is 13.2 Å². The average Bonchev–Trinajstić information content (AvgIpc) is 3.14. The van der Waals surface area contributed by atoms with Crippen LogP contribution in [0, 0.1) is 5.92 Å². The molecular formula is C17H21F3N4. The molecule has 4 nitrogen and oxygen atoms in total. The highest BCUT2D eigenvalue weighted by molar-refractivity contribution is 5.63. The summed E-state index contributed by atoms with van der Waals surface area (Å²) in [5, 5.41) is 6.99. The van der Waals surface area contributed by atoms with Gasteiger partial charge in [-0.05, 0) is 43.5 Å². The minimum Gasteiger partial charge on any atom is -0.330 e. The molecular weight excluding hydrogens is 317 g/mol. The lowest BCUT2D eigenvalue weighted by molar-refractivity contribution is -0.137. The molecule has 0 amide bonds. The van der Waals surface area contributed by atoms with E-state index in [1.54, 1.807) is 6.20 Å². The molecule has 0 radical (unpaired) electrons. The molecule has 1 saturated heterocycles. The second-order valence-corrected chi connectivity index (χ2v) is 6.46. The van der Waals surface area contributed by atoms with Gasteiger partial charge in [0.15, 0.2) is 0 Å². The van der Waals surface area contributed by atoms with E-state index in [4.69, 9.17) is 5.73 Å². The number of nitrogens with one attached hydrogen (secondary N) is 1. The molecule has 0 aliphatic carbocycles. The smallest absolute Gasteiger partial charge is 0.330 e. The molecule has 0 spiro atoms. The Labute approximate surface area is 138 Å². The maximum atomic E-state index is 12.7. The highest BCUT2D eigenvalue weighted by Gasteiger charge is 2.31. The largest absolute Gasteiger partial charge is 0.416 e. The van der Waals surface area contributed by atoms with Gasteiger partial charge in [0.2, 0.25) is 0 Å². The molecule has 3 rings (SSSR count). The van der Waals surface area contributed by atoms with Crippen LogP contribution in [0.3, 0.4) is 0 Å².